The minimum Gasteiger partial charge on any atom is -0.388 e. The highest BCUT2D eigenvalue weighted by molar-refractivity contribution is 5.66. The van der Waals surface area contributed by atoms with Gasteiger partial charge in [-0.2, -0.15) is 18.4 Å². The summed E-state index contributed by atoms with van der Waals surface area (Å²) < 4.78 is 39.7. The van der Waals surface area contributed by atoms with Gasteiger partial charge in [-0.1, -0.05) is 0 Å². The number of benzene rings is 1. The molecule has 1 aromatic rings. The highest BCUT2D eigenvalue weighted by Crippen LogP contribution is 2.42. The number of halogens is 3. The summed E-state index contributed by atoms with van der Waals surface area (Å²) >= 11 is 0. The number of nitrogens with zero attached hydrogens (tertiary/aromatic N) is 2. The minimum atomic E-state index is -4.55. The highest BCUT2D eigenvalue weighted by Gasteiger charge is 2.41. The van der Waals surface area contributed by atoms with Crippen LogP contribution in [0.4, 0.5) is 18.9 Å². The Morgan fingerprint density at radius 1 is 1.33 bits per heavy atom. The zero-order valence-corrected chi connectivity index (χ0v) is 12.1. The van der Waals surface area contributed by atoms with Crippen molar-refractivity contribution in [1.29, 1.82) is 5.26 Å². The summed E-state index contributed by atoms with van der Waals surface area (Å²) in [7, 11) is 0. The number of aliphatic hydroxyl groups is 1. The molecule has 0 bridgehead atoms. The van der Waals surface area contributed by atoms with Gasteiger partial charge in [-0.25, -0.2) is 0 Å². The van der Waals surface area contributed by atoms with E-state index in [4.69, 9.17) is 5.26 Å². The molecular formula is C15H17F3N2O. The Labute approximate surface area is 121 Å². The molecule has 1 unspecified atom stereocenters. The predicted molar refractivity (Wildman–Crippen MR) is 73.0 cm³/mol. The second kappa shape index (κ2) is 4.92. The molecule has 0 fully saturated rings. The summed E-state index contributed by atoms with van der Waals surface area (Å²) in [5.41, 5.74) is -1.62. The first-order valence-electron chi connectivity index (χ1n) is 6.69. The monoisotopic (exact) mass is 298 g/mol. The number of fused-ring (bicyclic) bond motifs is 1. The second-order valence-corrected chi connectivity index (χ2v) is 5.87. The standard InChI is InChI=1S/C15H17F3N2O/c1-9(14(2,3)21)20-7-6-11-12(20)5-4-10(8-19)13(11)15(16,17)18/h4-5,9,21H,6-7H2,1-3H3. The minimum absolute atomic E-state index is 0.151. The van der Waals surface area contributed by atoms with Crippen LogP contribution >= 0.6 is 0 Å². The summed E-state index contributed by atoms with van der Waals surface area (Å²) in [6.45, 7) is 5.44. The second-order valence-electron chi connectivity index (χ2n) is 5.87. The molecule has 1 aliphatic heterocycles. The van der Waals surface area contributed by atoms with Crippen molar-refractivity contribution >= 4 is 5.69 Å². The number of hydrogen-bond acceptors (Lipinski definition) is 3. The molecule has 0 aromatic heterocycles. The van der Waals surface area contributed by atoms with E-state index in [1.807, 2.05) is 0 Å². The molecule has 1 atom stereocenters. The summed E-state index contributed by atoms with van der Waals surface area (Å²) in [6.07, 6.45) is -4.33. The zero-order chi connectivity index (χ0) is 16.0. The van der Waals surface area contributed by atoms with E-state index in [0.717, 1.165) is 0 Å². The quantitative estimate of drug-likeness (QED) is 0.912. The van der Waals surface area contributed by atoms with Crippen molar-refractivity contribution in [3.05, 3.63) is 28.8 Å². The molecule has 0 spiro atoms. The summed E-state index contributed by atoms with van der Waals surface area (Å²) in [5.74, 6) is 0. The fourth-order valence-corrected chi connectivity index (χ4v) is 2.71. The lowest BCUT2D eigenvalue weighted by atomic mass is 9.97. The van der Waals surface area contributed by atoms with Crippen molar-refractivity contribution in [3.8, 4) is 6.07 Å². The van der Waals surface area contributed by atoms with Gasteiger partial charge in [-0.15, -0.1) is 0 Å². The van der Waals surface area contributed by atoms with Crippen LogP contribution < -0.4 is 4.90 Å². The summed E-state index contributed by atoms with van der Waals surface area (Å²) in [4.78, 5) is 1.77. The molecular weight excluding hydrogens is 281 g/mol. The zero-order valence-electron chi connectivity index (χ0n) is 12.1. The van der Waals surface area contributed by atoms with Gasteiger partial charge in [0.25, 0.3) is 0 Å². The molecule has 21 heavy (non-hydrogen) atoms. The Hall–Kier alpha value is -1.74. The van der Waals surface area contributed by atoms with E-state index in [0.29, 0.717) is 12.2 Å². The van der Waals surface area contributed by atoms with E-state index in [9.17, 15) is 18.3 Å². The molecule has 6 heteroatoms. The van der Waals surface area contributed by atoms with Crippen LogP contribution in [0.3, 0.4) is 0 Å². The van der Waals surface area contributed by atoms with Crippen LogP contribution in [0.15, 0.2) is 12.1 Å². The average molecular weight is 298 g/mol. The molecule has 0 saturated heterocycles. The molecule has 0 amide bonds. The Kier molecular flexibility index (Phi) is 3.66. The molecule has 114 valence electrons. The molecule has 1 aliphatic rings. The van der Waals surface area contributed by atoms with Crippen LogP contribution in [-0.4, -0.2) is 23.3 Å². The van der Waals surface area contributed by atoms with Crippen LogP contribution in [0.5, 0.6) is 0 Å². The lowest BCUT2D eigenvalue weighted by Gasteiger charge is -2.36. The molecule has 0 radical (unpaired) electrons. The fourth-order valence-electron chi connectivity index (χ4n) is 2.71. The molecule has 1 heterocycles. The third-order valence-electron chi connectivity index (χ3n) is 4.09. The van der Waals surface area contributed by atoms with E-state index in [1.165, 1.54) is 6.07 Å². The van der Waals surface area contributed by atoms with Gasteiger partial charge in [-0.3, -0.25) is 0 Å². The third kappa shape index (κ3) is 2.70. The van der Waals surface area contributed by atoms with Crippen molar-refractivity contribution in [2.24, 2.45) is 0 Å². The third-order valence-corrected chi connectivity index (χ3v) is 4.09. The lowest BCUT2D eigenvalue weighted by Crippen LogP contribution is -2.47. The Bertz CT molecular complexity index is 597. The van der Waals surface area contributed by atoms with Gasteiger partial charge in [0, 0.05) is 12.2 Å². The maximum Gasteiger partial charge on any atom is 0.418 e. The van der Waals surface area contributed by atoms with Crippen molar-refractivity contribution in [1.82, 2.24) is 0 Å². The molecule has 0 saturated carbocycles. The Morgan fingerprint density at radius 2 is 1.95 bits per heavy atom. The number of hydrogen-bond donors (Lipinski definition) is 1. The smallest absolute Gasteiger partial charge is 0.388 e. The molecule has 2 rings (SSSR count). The molecule has 1 aromatic carbocycles. The van der Waals surface area contributed by atoms with Crippen molar-refractivity contribution in [3.63, 3.8) is 0 Å². The van der Waals surface area contributed by atoms with Crippen LogP contribution in [0, 0.1) is 11.3 Å². The van der Waals surface area contributed by atoms with Crippen LogP contribution in [-0.2, 0) is 12.6 Å². The van der Waals surface area contributed by atoms with Gasteiger partial charge in [-0.05, 0) is 44.9 Å². The van der Waals surface area contributed by atoms with Crippen LogP contribution in [0.25, 0.3) is 0 Å². The van der Waals surface area contributed by atoms with E-state index < -0.39 is 17.3 Å². The van der Waals surface area contributed by atoms with E-state index in [-0.39, 0.29) is 23.6 Å². The lowest BCUT2D eigenvalue weighted by molar-refractivity contribution is -0.138. The predicted octanol–water partition coefficient (Wildman–Crippen LogP) is 3.10. The first-order valence-corrected chi connectivity index (χ1v) is 6.69. The van der Waals surface area contributed by atoms with Crippen molar-refractivity contribution < 1.29 is 18.3 Å². The topological polar surface area (TPSA) is 47.3 Å². The average Bonchev–Trinajstić information content (AvgIpc) is 2.77. The maximum atomic E-state index is 13.2. The highest BCUT2D eigenvalue weighted by atomic mass is 19.4. The molecule has 0 aliphatic carbocycles. The fraction of sp³-hybridized carbons (Fsp3) is 0.533. The molecule has 3 nitrogen and oxygen atoms in total. The normalized spacial score (nSPS) is 16.6. The van der Waals surface area contributed by atoms with Crippen LogP contribution in [0.1, 0.15) is 37.5 Å². The van der Waals surface area contributed by atoms with Crippen molar-refractivity contribution in [2.45, 2.75) is 45.0 Å². The van der Waals surface area contributed by atoms with Gasteiger partial charge in [0.2, 0.25) is 0 Å². The van der Waals surface area contributed by atoms with E-state index in [2.05, 4.69) is 0 Å². The molecule has 1 N–H and O–H groups in total. The van der Waals surface area contributed by atoms with Crippen molar-refractivity contribution in [2.75, 3.05) is 11.4 Å². The summed E-state index contributed by atoms with van der Waals surface area (Å²) in [5, 5.41) is 19.0. The van der Waals surface area contributed by atoms with Gasteiger partial charge in [0.15, 0.2) is 0 Å². The first kappa shape index (κ1) is 15.6. The van der Waals surface area contributed by atoms with E-state index >= 15 is 0 Å². The van der Waals surface area contributed by atoms with Gasteiger partial charge in [0.1, 0.15) is 0 Å². The largest absolute Gasteiger partial charge is 0.418 e. The Morgan fingerprint density at radius 3 is 2.43 bits per heavy atom. The first-order chi connectivity index (χ1) is 9.57. The SMILES string of the molecule is CC(N1CCc2c1ccc(C#N)c2C(F)(F)F)C(C)(C)O. The van der Waals surface area contributed by atoms with Gasteiger partial charge < -0.3 is 10.0 Å². The van der Waals surface area contributed by atoms with Gasteiger partial charge >= 0.3 is 6.18 Å². The maximum absolute atomic E-state index is 13.2. The Balaban J connectivity index is 2.56. The number of nitriles is 1. The number of anilines is 1. The van der Waals surface area contributed by atoms with Crippen LogP contribution in [0.2, 0.25) is 0 Å². The van der Waals surface area contributed by atoms with Gasteiger partial charge in [0.05, 0.1) is 28.8 Å². The number of rotatable bonds is 2. The summed E-state index contributed by atoms with van der Waals surface area (Å²) in [6, 6.07) is 4.04. The van der Waals surface area contributed by atoms with E-state index in [1.54, 1.807) is 37.8 Å². The number of alkyl halides is 3.